The van der Waals surface area contributed by atoms with Gasteiger partial charge in [0.2, 0.25) is 11.4 Å². The molecule has 0 radical (unpaired) electrons. The molecule has 4 aromatic carbocycles. The second kappa shape index (κ2) is 11.1. The fourth-order valence-electron chi connectivity index (χ4n) is 9.34. The van der Waals surface area contributed by atoms with Crippen LogP contribution in [0.1, 0.15) is 115 Å². The SMILES string of the molecule is CC(C)(C)c1ccc2c(c1)C/C(=C1/Cc3cc4c(cc3-c3cc(C(C)(C)C)cc[n+]31)C(C)(C)c1c-4ccc3ccccc13)[n+]1cc(C(C)(C)C)ccc1-2. The summed E-state index contributed by atoms with van der Waals surface area (Å²) in [6, 6.07) is 35.5. The summed E-state index contributed by atoms with van der Waals surface area (Å²) in [6.07, 6.45) is 6.56. The van der Waals surface area contributed by atoms with Gasteiger partial charge in [-0.25, -0.2) is 0 Å². The molecule has 0 fully saturated rings. The minimum absolute atomic E-state index is 0.0295. The Balaban J connectivity index is 1.33. The molecular formula is C51H54N2+2. The van der Waals surface area contributed by atoms with Crippen LogP contribution in [-0.4, -0.2) is 0 Å². The highest BCUT2D eigenvalue weighted by Gasteiger charge is 2.43. The summed E-state index contributed by atoms with van der Waals surface area (Å²) < 4.78 is 5.09. The van der Waals surface area contributed by atoms with E-state index in [1.807, 2.05) is 0 Å². The van der Waals surface area contributed by atoms with E-state index < -0.39 is 0 Å². The van der Waals surface area contributed by atoms with E-state index in [1.165, 1.54) is 94.8 Å². The van der Waals surface area contributed by atoms with Gasteiger partial charge < -0.3 is 0 Å². The second-order valence-electron chi connectivity index (χ2n) is 19.6. The van der Waals surface area contributed by atoms with Crippen molar-refractivity contribution in [2.75, 3.05) is 0 Å². The zero-order valence-electron chi connectivity index (χ0n) is 33.6. The van der Waals surface area contributed by atoms with Gasteiger partial charge in [-0.15, -0.1) is 0 Å². The van der Waals surface area contributed by atoms with Crippen LogP contribution in [0.2, 0.25) is 0 Å². The average molecular weight is 695 g/mol. The van der Waals surface area contributed by atoms with Crippen molar-refractivity contribution in [1.82, 2.24) is 0 Å². The van der Waals surface area contributed by atoms with Crippen molar-refractivity contribution >= 4 is 22.2 Å². The lowest BCUT2D eigenvalue weighted by atomic mass is 9.78. The van der Waals surface area contributed by atoms with Gasteiger partial charge in [-0.1, -0.05) is 125 Å². The molecule has 2 aromatic heterocycles. The first-order chi connectivity index (χ1) is 24.9. The summed E-state index contributed by atoms with van der Waals surface area (Å²) >= 11 is 0. The highest BCUT2D eigenvalue weighted by molar-refractivity contribution is 5.98. The molecule has 3 aliphatic rings. The van der Waals surface area contributed by atoms with E-state index in [0.717, 1.165) is 12.8 Å². The Hall–Kier alpha value is -4.82. The number of nitrogens with zero attached hydrogens (tertiary/aromatic N) is 2. The topological polar surface area (TPSA) is 7.76 Å². The van der Waals surface area contributed by atoms with Gasteiger partial charge in [0.15, 0.2) is 12.4 Å². The molecule has 2 nitrogen and oxygen atoms in total. The molecule has 4 heterocycles. The Morgan fingerprint density at radius 2 is 1.13 bits per heavy atom. The Morgan fingerprint density at radius 1 is 0.509 bits per heavy atom. The lowest BCUT2D eigenvalue weighted by Gasteiger charge is -2.27. The van der Waals surface area contributed by atoms with Crippen LogP contribution in [0.4, 0.5) is 0 Å². The first kappa shape index (κ1) is 34.0. The first-order valence-electron chi connectivity index (χ1n) is 19.6. The zero-order chi connectivity index (χ0) is 37.4. The van der Waals surface area contributed by atoms with Crippen molar-refractivity contribution in [3.63, 3.8) is 0 Å². The molecule has 53 heavy (non-hydrogen) atoms. The van der Waals surface area contributed by atoms with Gasteiger partial charge >= 0.3 is 0 Å². The third kappa shape index (κ3) is 5.19. The predicted molar refractivity (Wildman–Crippen MR) is 222 cm³/mol. The van der Waals surface area contributed by atoms with Crippen LogP contribution in [0.25, 0.3) is 55.8 Å². The van der Waals surface area contributed by atoms with Crippen LogP contribution >= 0.6 is 0 Å². The van der Waals surface area contributed by atoms with E-state index in [4.69, 9.17) is 0 Å². The Morgan fingerprint density at radius 3 is 1.85 bits per heavy atom. The van der Waals surface area contributed by atoms with Crippen molar-refractivity contribution in [2.45, 2.75) is 111 Å². The van der Waals surface area contributed by atoms with Crippen LogP contribution in [0.5, 0.6) is 0 Å². The number of aromatic nitrogens is 2. The maximum Gasteiger partial charge on any atom is 0.259 e. The van der Waals surface area contributed by atoms with Crippen LogP contribution < -0.4 is 9.13 Å². The van der Waals surface area contributed by atoms with Crippen LogP contribution in [0.15, 0.2) is 103 Å². The van der Waals surface area contributed by atoms with Crippen molar-refractivity contribution in [3.8, 4) is 33.6 Å². The second-order valence-corrected chi connectivity index (χ2v) is 19.6. The van der Waals surface area contributed by atoms with Crippen LogP contribution in [0.3, 0.4) is 0 Å². The Labute approximate surface area is 316 Å². The van der Waals surface area contributed by atoms with Crippen molar-refractivity contribution in [3.05, 3.63) is 142 Å². The van der Waals surface area contributed by atoms with Crippen molar-refractivity contribution in [2.24, 2.45) is 0 Å². The van der Waals surface area contributed by atoms with Crippen molar-refractivity contribution < 1.29 is 9.13 Å². The fourth-order valence-corrected chi connectivity index (χ4v) is 9.34. The molecule has 1 aliphatic carbocycles. The minimum atomic E-state index is -0.109. The quantitative estimate of drug-likeness (QED) is 0.140. The number of allylic oxidation sites excluding steroid dienone is 2. The monoisotopic (exact) mass is 694 g/mol. The highest BCUT2D eigenvalue weighted by Crippen LogP contribution is 2.53. The molecule has 0 unspecified atom stereocenters. The third-order valence-electron chi connectivity index (χ3n) is 12.6. The molecule has 0 amide bonds. The minimum Gasteiger partial charge on any atom is -0.158 e. The normalized spacial score (nSPS) is 17.1. The molecule has 2 heteroatoms. The van der Waals surface area contributed by atoms with Gasteiger partial charge in [-0.2, -0.15) is 9.13 Å². The highest BCUT2D eigenvalue weighted by atomic mass is 15.1. The molecule has 2 aliphatic heterocycles. The summed E-state index contributed by atoms with van der Waals surface area (Å²) in [6.45, 7) is 25.8. The van der Waals surface area contributed by atoms with Gasteiger partial charge in [-0.3, -0.25) is 0 Å². The molecule has 0 saturated heterocycles. The summed E-state index contributed by atoms with van der Waals surface area (Å²) in [5.74, 6) is 0. The molecule has 0 atom stereocenters. The van der Waals surface area contributed by atoms with Gasteiger partial charge in [-0.05, 0) is 95.8 Å². The molecule has 0 saturated carbocycles. The number of rotatable bonds is 0. The van der Waals surface area contributed by atoms with E-state index >= 15 is 0 Å². The van der Waals surface area contributed by atoms with Gasteiger partial charge in [0.1, 0.15) is 0 Å². The van der Waals surface area contributed by atoms with Gasteiger partial charge in [0, 0.05) is 29.2 Å². The van der Waals surface area contributed by atoms with Gasteiger partial charge in [0.25, 0.3) is 11.4 Å². The van der Waals surface area contributed by atoms with Gasteiger partial charge in [0.05, 0.1) is 24.0 Å². The smallest absolute Gasteiger partial charge is 0.158 e. The fraction of sp³-hybridized carbons (Fsp3) is 0.333. The summed E-state index contributed by atoms with van der Waals surface area (Å²) in [5, 5.41) is 2.69. The lowest BCUT2D eigenvalue weighted by Crippen LogP contribution is -2.48. The molecule has 0 bridgehead atoms. The predicted octanol–water partition coefficient (Wildman–Crippen LogP) is 11.9. The van der Waals surface area contributed by atoms with Crippen LogP contribution in [-0.2, 0) is 34.5 Å². The number of benzene rings is 4. The molecule has 0 N–H and O–H groups in total. The number of fused-ring (bicyclic) bond motifs is 11. The van der Waals surface area contributed by atoms with E-state index in [-0.39, 0.29) is 21.7 Å². The number of pyridine rings is 2. The Bertz CT molecular complexity index is 2570. The molecular weight excluding hydrogens is 641 g/mol. The molecule has 6 aromatic rings. The number of hydrogen-bond donors (Lipinski definition) is 0. The maximum absolute atomic E-state index is 2.56. The summed E-state index contributed by atoms with van der Waals surface area (Å²) in [7, 11) is 0. The van der Waals surface area contributed by atoms with Crippen molar-refractivity contribution in [1.29, 1.82) is 0 Å². The number of hydrogen-bond acceptors (Lipinski definition) is 0. The standard InChI is InChI=1S/C51H54N2/c1-48(2,3)34-17-20-37-32(24-34)26-46(53-30-36(50(7,8)9)18-21-43(37)53)45-27-33-25-41-39-19-16-31-14-12-13-15-38(31)47(39)51(10,11)42(41)29-40(33)44-28-35(49(4,5)6)22-23-52(44)45/h12-25,28-30H,26-27H2,1-11H3/q+2/b46-45+. The van der Waals surface area contributed by atoms with Crippen LogP contribution in [0, 0.1) is 0 Å². The molecule has 0 spiro atoms. The lowest BCUT2D eigenvalue weighted by molar-refractivity contribution is -0.602. The van der Waals surface area contributed by atoms with E-state index in [9.17, 15) is 0 Å². The van der Waals surface area contributed by atoms with E-state index in [1.54, 1.807) is 0 Å². The largest absolute Gasteiger partial charge is 0.259 e. The Kier molecular flexibility index (Phi) is 7.12. The van der Waals surface area contributed by atoms with E-state index in [2.05, 4.69) is 189 Å². The maximum atomic E-state index is 2.56. The summed E-state index contributed by atoms with van der Waals surface area (Å²) in [5.41, 5.74) is 20.7. The average Bonchev–Trinajstić information content (AvgIpc) is 3.33. The zero-order valence-corrected chi connectivity index (χ0v) is 33.6. The third-order valence-corrected chi connectivity index (χ3v) is 12.6. The summed E-state index contributed by atoms with van der Waals surface area (Å²) in [4.78, 5) is 0. The molecule has 266 valence electrons. The van der Waals surface area contributed by atoms with E-state index in [0.29, 0.717) is 0 Å². The first-order valence-corrected chi connectivity index (χ1v) is 19.6. The molecule has 9 rings (SSSR count).